The lowest BCUT2D eigenvalue weighted by Crippen LogP contribution is -2.12. The summed E-state index contributed by atoms with van der Waals surface area (Å²) < 4.78 is 0. The van der Waals surface area contributed by atoms with E-state index in [1.807, 2.05) is 0 Å². The zero-order chi connectivity index (χ0) is 6.85. The lowest BCUT2D eigenvalue weighted by molar-refractivity contribution is -0.121. The van der Waals surface area contributed by atoms with Crippen LogP contribution < -0.4 is 0 Å². The molecule has 1 aliphatic carbocycles. The molecule has 1 heteroatoms. The van der Waals surface area contributed by atoms with Gasteiger partial charge in [-0.25, -0.2) is 0 Å². The van der Waals surface area contributed by atoms with E-state index in [1.165, 1.54) is 12.8 Å². The van der Waals surface area contributed by atoms with Crippen molar-refractivity contribution in [2.45, 2.75) is 33.1 Å². The van der Waals surface area contributed by atoms with Crippen LogP contribution in [0.5, 0.6) is 0 Å². The Hall–Kier alpha value is -0.330. The topological polar surface area (TPSA) is 17.1 Å². The van der Waals surface area contributed by atoms with Crippen LogP contribution >= 0.6 is 0 Å². The zero-order valence-corrected chi connectivity index (χ0v) is 6.18. The fourth-order valence-corrected chi connectivity index (χ4v) is 1.75. The molecule has 1 rings (SSSR count). The molecule has 1 fully saturated rings. The predicted molar refractivity (Wildman–Crippen MR) is 37.2 cm³/mol. The lowest BCUT2D eigenvalue weighted by atomic mass is 9.95. The normalized spacial score (nSPS) is 34.9. The summed E-state index contributed by atoms with van der Waals surface area (Å²) in [6.07, 6.45) is 3.64. The lowest BCUT2D eigenvalue weighted by Gasteiger charge is -2.09. The van der Waals surface area contributed by atoms with Crippen LogP contribution in [0, 0.1) is 11.8 Å². The Labute approximate surface area is 56.4 Å². The van der Waals surface area contributed by atoms with E-state index in [9.17, 15) is 4.79 Å². The second-order valence-corrected chi connectivity index (χ2v) is 3.13. The molecule has 0 radical (unpaired) electrons. The van der Waals surface area contributed by atoms with Gasteiger partial charge in [0.15, 0.2) is 0 Å². The molecule has 1 aliphatic rings. The number of Topliss-reactive ketones (excluding diaryl/α,β-unsaturated/α-hetero) is 1. The van der Waals surface area contributed by atoms with Gasteiger partial charge in [-0.05, 0) is 25.7 Å². The van der Waals surface area contributed by atoms with Crippen LogP contribution in [0.2, 0.25) is 0 Å². The number of carbonyl (C=O) groups is 1. The van der Waals surface area contributed by atoms with Crippen LogP contribution in [-0.4, -0.2) is 5.78 Å². The highest BCUT2D eigenvalue weighted by Crippen LogP contribution is 2.31. The molecule has 0 saturated heterocycles. The molecule has 0 aromatic heterocycles. The summed E-state index contributed by atoms with van der Waals surface area (Å²) >= 11 is 0. The Morgan fingerprint density at radius 2 is 2.11 bits per heavy atom. The Bertz CT molecular complexity index is 118. The average molecular weight is 126 g/mol. The maximum atomic E-state index is 10.9. The highest BCUT2D eigenvalue weighted by molar-refractivity contribution is 5.78. The molecule has 0 spiro atoms. The molecule has 1 nitrogen and oxygen atoms in total. The molecular weight excluding hydrogens is 112 g/mol. The van der Waals surface area contributed by atoms with E-state index < -0.39 is 0 Å². The van der Waals surface area contributed by atoms with E-state index in [-0.39, 0.29) is 0 Å². The smallest absolute Gasteiger partial charge is 0.133 e. The highest BCUT2D eigenvalue weighted by atomic mass is 16.1. The third kappa shape index (κ3) is 1.32. The first-order valence-corrected chi connectivity index (χ1v) is 3.72. The van der Waals surface area contributed by atoms with Crippen LogP contribution in [-0.2, 0) is 4.79 Å². The minimum absolute atomic E-state index is 0.389. The minimum Gasteiger partial charge on any atom is -0.300 e. The Balaban J connectivity index is 2.49. The van der Waals surface area contributed by atoms with Crippen molar-refractivity contribution in [2.75, 3.05) is 0 Å². The average Bonchev–Trinajstić information content (AvgIpc) is 2.13. The third-order valence-corrected chi connectivity index (χ3v) is 2.38. The van der Waals surface area contributed by atoms with Gasteiger partial charge in [0.05, 0.1) is 0 Å². The molecule has 0 aliphatic heterocycles. The second kappa shape index (κ2) is 2.51. The van der Waals surface area contributed by atoms with Crippen molar-refractivity contribution >= 4 is 5.78 Å². The van der Waals surface area contributed by atoms with Crippen molar-refractivity contribution in [3.8, 4) is 0 Å². The van der Waals surface area contributed by atoms with Crippen molar-refractivity contribution in [3.63, 3.8) is 0 Å². The van der Waals surface area contributed by atoms with Gasteiger partial charge in [-0.3, -0.25) is 4.79 Å². The van der Waals surface area contributed by atoms with Crippen LogP contribution in [0.25, 0.3) is 0 Å². The van der Waals surface area contributed by atoms with E-state index >= 15 is 0 Å². The summed E-state index contributed by atoms with van der Waals surface area (Å²) in [6, 6.07) is 0. The number of hydrogen-bond donors (Lipinski definition) is 0. The van der Waals surface area contributed by atoms with Crippen molar-refractivity contribution in [2.24, 2.45) is 11.8 Å². The maximum absolute atomic E-state index is 10.9. The van der Waals surface area contributed by atoms with Crippen LogP contribution in [0.1, 0.15) is 33.1 Å². The third-order valence-electron chi connectivity index (χ3n) is 2.38. The maximum Gasteiger partial charge on any atom is 0.133 e. The number of rotatable bonds is 1. The van der Waals surface area contributed by atoms with Gasteiger partial charge < -0.3 is 0 Å². The van der Waals surface area contributed by atoms with Crippen LogP contribution in [0.4, 0.5) is 0 Å². The van der Waals surface area contributed by atoms with Gasteiger partial charge in [0.1, 0.15) is 5.78 Å². The fraction of sp³-hybridized carbons (Fsp3) is 0.875. The molecule has 9 heavy (non-hydrogen) atoms. The van der Waals surface area contributed by atoms with E-state index in [4.69, 9.17) is 0 Å². The highest BCUT2D eigenvalue weighted by Gasteiger charge is 2.26. The molecule has 1 unspecified atom stereocenters. The summed E-state index contributed by atoms with van der Waals surface area (Å²) in [4.78, 5) is 10.9. The van der Waals surface area contributed by atoms with Gasteiger partial charge in [0, 0.05) is 5.92 Å². The number of carbonyl (C=O) groups excluding carboxylic acids is 1. The molecule has 0 bridgehead atoms. The van der Waals surface area contributed by atoms with Gasteiger partial charge in [-0.1, -0.05) is 13.3 Å². The summed E-state index contributed by atoms with van der Waals surface area (Å²) in [5.74, 6) is 1.44. The van der Waals surface area contributed by atoms with E-state index in [2.05, 4.69) is 6.92 Å². The fourth-order valence-electron chi connectivity index (χ4n) is 1.75. The Morgan fingerprint density at radius 1 is 1.44 bits per heavy atom. The van der Waals surface area contributed by atoms with Gasteiger partial charge in [-0.2, -0.15) is 0 Å². The zero-order valence-electron chi connectivity index (χ0n) is 6.18. The van der Waals surface area contributed by atoms with Crippen molar-refractivity contribution in [1.82, 2.24) is 0 Å². The molecule has 0 aromatic rings. The summed E-state index contributed by atoms with van der Waals surface area (Å²) in [7, 11) is 0. The standard InChI is InChI=1S/C8H14O/c1-6-4-3-5-8(6)7(2)9/h6,8H,3-5H2,1-2H3/t6-,8?/m1/s1. The SMILES string of the molecule is CC(=O)C1CCC[C@H]1C. The summed E-state index contributed by atoms with van der Waals surface area (Å²) in [5.41, 5.74) is 0. The Kier molecular flexibility index (Phi) is 1.89. The quantitative estimate of drug-likeness (QED) is 0.525. The second-order valence-electron chi connectivity index (χ2n) is 3.13. The van der Waals surface area contributed by atoms with Gasteiger partial charge >= 0.3 is 0 Å². The minimum atomic E-state index is 0.389. The molecule has 2 atom stereocenters. The van der Waals surface area contributed by atoms with Gasteiger partial charge in [-0.15, -0.1) is 0 Å². The summed E-state index contributed by atoms with van der Waals surface area (Å²) in [5, 5.41) is 0. The number of ketones is 1. The molecule has 0 amide bonds. The molecule has 1 saturated carbocycles. The molecule has 0 aromatic carbocycles. The van der Waals surface area contributed by atoms with Crippen molar-refractivity contribution < 1.29 is 4.79 Å². The predicted octanol–water partition coefficient (Wildman–Crippen LogP) is 2.01. The number of hydrogen-bond acceptors (Lipinski definition) is 1. The molecule has 52 valence electrons. The molecule has 0 N–H and O–H groups in total. The van der Waals surface area contributed by atoms with Gasteiger partial charge in [0.25, 0.3) is 0 Å². The first-order chi connectivity index (χ1) is 4.22. The van der Waals surface area contributed by atoms with E-state index in [1.54, 1.807) is 6.92 Å². The van der Waals surface area contributed by atoms with E-state index in [0.29, 0.717) is 17.6 Å². The van der Waals surface area contributed by atoms with Crippen LogP contribution in [0.3, 0.4) is 0 Å². The van der Waals surface area contributed by atoms with E-state index in [0.717, 1.165) is 6.42 Å². The van der Waals surface area contributed by atoms with Gasteiger partial charge in [0.2, 0.25) is 0 Å². The first-order valence-electron chi connectivity index (χ1n) is 3.72. The molecular formula is C8H14O. The van der Waals surface area contributed by atoms with Crippen LogP contribution in [0.15, 0.2) is 0 Å². The monoisotopic (exact) mass is 126 g/mol. The summed E-state index contributed by atoms with van der Waals surface area (Å²) in [6.45, 7) is 3.89. The largest absolute Gasteiger partial charge is 0.300 e. The van der Waals surface area contributed by atoms with Crippen molar-refractivity contribution in [1.29, 1.82) is 0 Å². The van der Waals surface area contributed by atoms with Crippen molar-refractivity contribution in [3.05, 3.63) is 0 Å². The molecule has 0 heterocycles. The Morgan fingerprint density at radius 3 is 2.33 bits per heavy atom. The first kappa shape index (κ1) is 6.79.